The number of hydrogen-bond acceptors (Lipinski definition) is 1. The van der Waals surface area contributed by atoms with Gasteiger partial charge in [0.1, 0.15) is 0 Å². The molecule has 0 aliphatic heterocycles. The van der Waals surface area contributed by atoms with Crippen molar-refractivity contribution in [2.45, 2.75) is 13.3 Å². The van der Waals surface area contributed by atoms with Crippen LogP contribution in [-0.2, 0) is 6.42 Å². The van der Waals surface area contributed by atoms with Crippen molar-refractivity contribution in [3.05, 3.63) is 114 Å². The summed E-state index contributed by atoms with van der Waals surface area (Å²) in [7, 11) is 0. The average Bonchev–Trinajstić information content (AvgIpc) is 3.09. The predicted octanol–water partition coefficient (Wildman–Crippen LogP) is 7.04. The lowest BCUT2D eigenvalue weighted by Gasteiger charge is -2.26. The first-order valence-corrected chi connectivity index (χ1v) is 9.43. The Morgan fingerprint density at radius 1 is 0.556 bits per heavy atom. The number of rotatable bonds is 3. The minimum Gasteiger partial charge on any atom is -0.310 e. The number of benzene rings is 4. The Kier molecular flexibility index (Phi) is 3.79. The van der Waals surface area contributed by atoms with E-state index in [1.54, 1.807) is 0 Å². The number of nitrogens with zero attached hydrogens (tertiary/aromatic N) is 1. The maximum atomic E-state index is 2.34. The van der Waals surface area contributed by atoms with Gasteiger partial charge in [0, 0.05) is 17.1 Å². The highest BCUT2D eigenvalue weighted by Crippen LogP contribution is 2.41. The molecule has 1 aliphatic rings. The van der Waals surface area contributed by atoms with Crippen LogP contribution in [0.1, 0.15) is 16.7 Å². The zero-order chi connectivity index (χ0) is 18.2. The molecule has 1 aliphatic carbocycles. The molecule has 27 heavy (non-hydrogen) atoms. The second kappa shape index (κ2) is 6.44. The summed E-state index contributed by atoms with van der Waals surface area (Å²) in [5.74, 6) is 0. The second-order valence-corrected chi connectivity index (χ2v) is 7.18. The van der Waals surface area contributed by atoms with Crippen LogP contribution in [0.2, 0.25) is 0 Å². The molecule has 5 rings (SSSR count). The topological polar surface area (TPSA) is 3.24 Å². The highest BCUT2D eigenvalue weighted by Gasteiger charge is 2.20. The van der Waals surface area contributed by atoms with Crippen molar-refractivity contribution in [1.29, 1.82) is 0 Å². The number of hydrogen-bond donors (Lipinski definition) is 0. The third-order valence-corrected chi connectivity index (χ3v) is 5.35. The van der Waals surface area contributed by atoms with Gasteiger partial charge in [-0.3, -0.25) is 0 Å². The van der Waals surface area contributed by atoms with Crippen LogP contribution in [0.5, 0.6) is 0 Å². The van der Waals surface area contributed by atoms with Crippen LogP contribution in [0.25, 0.3) is 11.1 Å². The van der Waals surface area contributed by atoms with Crippen molar-refractivity contribution in [2.75, 3.05) is 4.90 Å². The first kappa shape index (κ1) is 15.9. The van der Waals surface area contributed by atoms with Crippen molar-refractivity contribution < 1.29 is 0 Å². The molecule has 0 amide bonds. The molecule has 1 heteroatoms. The van der Waals surface area contributed by atoms with Crippen LogP contribution in [-0.4, -0.2) is 0 Å². The lowest BCUT2D eigenvalue weighted by molar-refractivity contribution is 1.24. The van der Waals surface area contributed by atoms with Gasteiger partial charge >= 0.3 is 0 Å². The predicted molar refractivity (Wildman–Crippen MR) is 114 cm³/mol. The van der Waals surface area contributed by atoms with Gasteiger partial charge in [-0.2, -0.15) is 0 Å². The quantitative estimate of drug-likeness (QED) is 0.338. The fourth-order valence-corrected chi connectivity index (χ4v) is 3.97. The van der Waals surface area contributed by atoms with Crippen molar-refractivity contribution in [3.63, 3.8) is 0 Å². The van der Waals surface area contributed by atoms with Gasteiger partial charge in [-0.25, -0.2) is 0 Å². The van der Waals surface area contributed by atoms with E-state index >= 15 is 0 Å². The third kappa shape index (κ3) is 2.82. The van der Waals surface area contributed by atoms with E-state index in [1.807, 2.05) is 0 Å². The van der Waals surface area contributed by atoms with Gasteiger partial charge in [0.2, 0.25) is 0 Å². The Bertz CT molecular complexity index is 1090. The van der Waals surface area contributed by atoms with E-state index in [2.05, 4.69) is 109 Å². The van der Waals surface area contributed by atoms with Crippen molar-refractivity contribution in [1.82, 2.24) is 0 Å². The minimum absolute atomic E-state index is 1.03. The Morgan fingerprint density at radius 2 is 1.19 bits per heavy atom. The van der Waals surface area contributed by atoms with Gasteiger partial charge in [0.25, 0.3) is 0 Å². The van der Waals surface area contributed by atoms with Crippen LogP contribution >= 0.6 is 0 Å². The highest BCUT2D eigenvalue weighted by atomic mass is 15.1. The molecule has 0 aromatic heterocycles. The zero-order valence-electron chi connectivity index (χ0n) is 15.4. The van der Waals surface area contributed by atoms with Crippen LogP contribution in [0, 0.1) is 6.92 Å². The summed E-state index contributed by atoms with van der Waals surface area (Å²) in [6.45, 7) is 2.13. The highest BCUT2D eigenvalue weighted by molar-refractivity contribution is 5.84. The van der Waals surface area contributed by atoms with E-state index in [4.69, 9.17) is 0 Å². The van der Waals surface area contributed by atoms with E-state index < -0.39 is 0 Å². The summed E-state index contributed by atoms with van der Waals surface area (Å²) in [6.07, 6.45) is 1.03. The average molecular weight is 347 g/mol. The lowest BCUT2D eigenvalue weighted by Crippen LogP contribution is -2.10. The van der Waals surface area contributed by atoms with Crippen molar-refractivity contribution in [3.8, 4) is 11.1 Å². The smallest absolute Gasteiger partial charge is 0.0467 e. The summed E-state index contributed by atoms with van der Waals surface area (Å²) >= 11 is 0. The van der Waals surface area contributed by atoms with Gasteiger partial charge in [0.15, 0.2) is 0 Å². The molecule has 0 N–H and O–H groups in total. The van der Waals surface area contributed by atoms with Gasteiger partial charge in [-0.1, -0.05) is 66.2 Å². The molecule has 0 saturated heterocycles. The van der Waals surface area contributed by atoms with E-state index in [-0.39, 0.29) is 0 Å². The van der Waals surface area contributed by atoms with Crippen LogP contribution < -0.4 is 4.90 Å². The molecule has 0 heterocycles. The summed E-state index contributed by atoms with van der Waals surface area (Å²) in [5, 5.41) is 0. The van der Waals surface area contributed by atoms with Crippen LogP contribution in [0.4, 0.5) is 17.1 Å². The third-order valence-electron chi connectivity index (χ3n) is 5.35. The number of anilines is 3. The molecule has 0 saturated carbocycles. The fourth-order valence-electron chi connectivity index (χ4n) is 3.97. The molecule has 1 nitrogen and oxygen atoms in total. The Morgan fingerprint density at radius 3 is 2.00 bits per heavy atom. The summed E-state index contributed by atoms with van der Waals surface area (Å²) in [5.41, 5.74) is 10.4. The van der Waals surface area contributed by atoms with Crippen molar-refractivity contribution in [2.24, 2.45) is 0 Å². The summed E-state index contributed by atoms with van der Waals surface area (Å²) in [6, 6.07) is 35.0. The number of fused-ring (bicyclic) bond motifs is 3. The Balaban J connectivity index is 1.67. The molecule has 4 aromatic rings. The molecular weight excluding hydrogens is 326 g/mol. The largest absolute Gasteiger partial charge is 0.310 e. The number of para-hydroxylation sites is 1. The fraction of sp³-hybridized carbons (Fsp3) is 0.0769. The van der Waals surface area contributed by atoms with E-state index in [1.165, 1.54) is 44.9 Å². The lowest BCUT2D eigenvalue weighted by atomic mass is 10.0. The first-order chi connectivity index (χ1) is 13.3. The maximum absolute atomic E-state index is 2.34. The van der Waals surface area contributed by atoms with E-state index in [9.17, 15) is 0 Å². The molecule has 130 valence electrons. The normalized spacial score (nSPS) is 11.7. The molecule has 0 atom stereocenters. The first-order valence-electron chi connectivity index (χ1n) is 9.43. The van der Waals surface area contributed by atoms with Crippen molar-refractivity contribution >= 4 is 17.1 Å². The van der Waals surface area contributed by atoms with Gasteiger partial charge in [-0.15, -0.1) is 0 Å². The number of aryl methyl sites for hydroxylation is 1. The summed E-state index contributed by atoms with van der Waals surface area (Å²) in [4.78, 5) is 2.33. The standard InChI is InChI=1S/C26H21N/c1-19-11-14-23(15-12-19)27(22-8-3-2-4-9-22)24-16-13-21-17-20-7-5-6-10-25(20)26(21)18-24/h2-16,18H,17H2,1H3. The second-order valence-electron chi connectivity index (χ2n) is 7.18. The van der Waals surface area contributed by atoms with Gasteiger partial charge in [0.05, 0.1) is 0 Å². The minimum atomic E-state index is 1.03. The summed E-state index contributed by atoms with van der Waals surface area (Å²) < 4.78 is 0. The zero-order valence-corrected chi connectivity index (χ0v) is 15.4. The van der Waals surface area contributed by atoms with Crippen LogP contribution in [0.3, 0.4) is 0 Å². The molecule has 0 radical (unpaired) electrons. The molecule has 0 fully saturated rings. The van der Waals surface area contributed by atoms with Gasteiger partial charge < -0.3 is 4.90 Å². The molecule has 0 spiro atoms. The SMILES string of the molecule is Cc1ccc(N(c2ccccc2)c2ccc3c(c2)-c2ccccc2C3)cc1. The Hall–Kier alpha value is -3.32. The molecule has 0 unspecified atom stereocenters. The molecule has 4 aromatic carbocycles. The molecule has 0 bridgehead atoms. The monoisotopic (exact) mass is 347 g/mol. The van der Waals surface area contributed by atoms with Gasteiger partial charge in [-0.05, 0) is 72.0 Å². The Labute approximate surface area is 160 Å². The molecular formula is C26H21N. The van der Waals surface area contributed by atoms with Crippen LogP contribution in [0.15, 0.2) is 97.1 Å². The maximum Gasteiger partial charge on any atom is 0.0467 e. The van der Waals surface area contributed by atoms with E-state index in [0.717, 1.165) is 6.42 Å². The van der Waals surface area contributed by atoms with E-state index in [0.29, 0.717) is 0 Å².